The molecular formula is C14H14F3NO3S. The molecule has 0 aliphatic carbocycles. The minimum Gasteiger partial charge on any atom is -0.467 e. The Labute approximate surface area is 129 Å². The molecule has 0 heterocycles. The minimum atomic E-state index is -4.33. The molecule has 0 unspecified atom stereocenters. The van der Waals surface area contributed by atoms with E-state index in [9.17, 15) is 22.8 Å². The highest BCUT2D eigenvalue weighted by atomic mass is 32.2. The maximum absolute atomic E-state index is 12.2. The molecule has 0 radical (unpaired) electrons. The standard InChI is InChI=1S/C14H14F3NO3S/c1-9(13(20)21-2)18-12(19)8-5-10-3-6-11(7-4-10)22-14(15,16)17/h3-9H,1-2H3,(H,18,19)/t9-/m0/s1. The molecule has 120 valence electrons. The van der Waals surface area contributed by atoms with Gasteiger partial charge in [0.1, 0.15) is 6.04 Å². The molecule has 0 aliphatic heterocycles. The Kier molecular flexibility index (Phi) is 6.48. The van der Waals surface area contributed by atoms with Crippen LogP contribution in [-0.4, -0.2) is 30.5 Å². The lowest BCUT2D eigenvalue weighted by Gasteiger charge is -2.09. The normalized spacial score (nSPS) is 13.0. The number of carbonyl (C=O) groups excluding carboxylic acids is 2. The van der Waals surface area contributed by atoms with Crippen LogP contribution in [0.25, 0.3) is 6.08 Å². The number of alkyl halides is 3. The maximum atomic E-state index is 12.2. The molecule has 1 N–H and O–H groups in total. The molecule has 22 heavy (non-hydrogen) atoms. The molecule has 1 atom stereocenters. The van der Waals surface area contributed by atoms with Gasteiger partial charge in [0.2, 0.25) is 5.91 Å². The summed E-state index contributed by atoms with van der Waals surface area (Å²) in [6, 6.07) is 4.76. The van der Waals surface area contributed by atoms with Crippen LogP contribution in [0.15, 0.2) is 35.2 Å². The van der Waals surface area contributed by atoms with Gasteiger partial charge in [-0.25, -0.2) is 4.79 Å². The van der Waals surface area contributed by atoms with Crippen molar-refractivity contribution in [3.8, 4) is 0 Å². The molecule has 0 saturated heterocycles. The molecule has 1 aromatic rings. The summed E-state index contributed by atoms with van der Waals surface area (Å²) in [5.41, 5.74) is -3.77. The van der Waals surface area contributed by atoms with Crippen LogP contribution >= 0.6 is 11.8 Å². The van der Waals surface area contributed by atoms with Gasteiger partial charge in [-0.15, -0.1) is 0 Å². The first-order valence-corrected chi connectivity index (χ1v) is 6.95. The van der Waals surface area contributed by atoms with Crippen molar-refractivity contribution in [2.45, 2.75) is 23.4 Å². The van der Waals surface area contributed by atoms with Crippen LogP contribution in [0.1, 0.15) is 12.5 Å². The van der Waals surface area contributed by atoms with Gasteiger partial charge in [0.25, 0.3) is 0 Å². The number of hydrogen-bond donors (Lipinski definition) is 1. The third kappa shape index (κ3) is 6.66. The topological polar surface area (TPSA) is 55.4 Å². The van der Waals surface area contributed by atoms with Crippen molar-refractivity contribution in [2.75, 3.05) is 7.11 Å². The van der Waals surface area contributed by atoms with Crippen molar-refractivity contribution >= 4 is 29.7 Å². The van der Waals surface area contributed by atoms with Gasteiger partial charge in [-0.05, 0) is 42.5 Å². The van der Waals surface area contributed by atoms with Gasteiger partial charge in [0.15, 0.2) is 0 Å². The van der Waals surface area contributed by atoms with E-state index in [2.05, 4.69) is 10.1 Å². The number of benzene rings is 1. The number of methoxy groups -OCH3 is 1. The first-order chi connectivity index (χ1) is 10.2. The number of amides is 1. The molecule has 0 aliphatic rings. The molecule has 0 bridgehead atoms. The second-order valence-corrected chi connectivity index (χ2v) is 5.34. The predicted molar refractivity (Wildman–Crippen MR) is 77.0 cm³/mol. The van der Waals surface area contributed by atoms with E-state index in [0.29, 0.717) is 5.56 Å². The Bertz CT molecular complexity index is 555. The van der Waals surface area contributed by atoms with Crippen molar-refractivity contribution in [2.24, 2.45) is 0 Å². The molecule has 4 nitrogen and oxygen atoms in total. The van der Waals surface area contributed by atoms with E-state index in [4.69, 9.17) is 0 Å². The maximum Gasteiger partial charge on any atom is 0.446 e. The monoisotopic (exact) mass is 333 g/mol. The predicted octanol–water partition coefficient (Wildman–Crippen LogP) is 2.99. The average Bonchev–Trinajstić information content (AvgIpc) is 2.44. The van der Waals surface area contributed by atoms with Crippen LogP contribution in [0.2, 0.25) is 0 Å². The zero-order valence-electron chi connectivity index (χ0n) is 11.8. The van der Waals surface area contributed by atoms with Crippen molar-refractivity contribution in [1.29, 1.82) is 0 Å². The lowest BCUT2D eigenvalue weighted by atomic mass is 10.2. The molecule has 1 amide bonds. The van der Waals surface area contributed by atoms with Crippen LogP contribution in [-0.2, 0) is 14.3 Å². The molecule has 1 rings (SSSR count). The Hall–Kier alpha value is -1.96. The summed E-state index contributed by atoms with van der Waals surface area (Å²) in [5, 5.41) is 2.39. The average molecular weight is 333 g/mol. The second-order valence-electron chi connectivity index (χ2n) is 4.20. The van der Waals surface area contributed by atoms with Crippen molar-refractivity contribution in [3.05, 3.63) is 35.9 Å². The highest BCUT2D eigenvalue weighted by Crippen LogP contribution is 2.36. The fraction of sp³-hybridized carbons (Fsp3) is 0.286. The Morgan fingerprint density at radius 2 is 1.86 bits per heavy atom. The van der Waals surface area contributed by atoms with Gasteiger partial charge < -0.3 is 10.1 Å². The molecule has 8 heteroatoms. The number of rotatable bonds is 5. The van der Waals surface area contributed by atoms with E-state index in [1.165, 1.54) is 50.5 Å². The minimum absolute atomic E-state index is 0.0633. The van der Waals surface area contributed by atoms with Crippen LogP contribution in [0.3, 0.4) is 0 Å². The van der Waals surface area contributed by atoms with Crippen LogP contribution in [0.4, 0.5) is 13.2 Å². The summed E-state index contributed by atoms with van der Waals surface area (Å²) in [5.74, 6) is -1.08. The second kappa shape index (κ2) is 7.88. The van der Waals surface area contributed by atoms with E-state index in [1.54, 1.807) is 0 Å². The number of thioether (sulfide) groups is 1. The van der Waals surface area contributed by atoms with Crippen LogP contribution < -0.4 is 5.32 Å². The lowest BCUT2D eigenvalue weighted by molar-refractivity contribution is -0.144. The van der Waals surface area contributed by atoms with Gasteiger partial charge in [-0.3, -0.25) is 4.79 Å². The van der Waals surface area contributed by atoms with Crippen molar-refractivity contribution in [1.82, 2.24) is 5.32 Å². The number of nitrogens with one attached hydrogen (secondary N) is 1. The summed E-state index contributed by atoms with van der Waals surface area (Å²) >= 11 is -0.207. The van der Waals surface area contributed by atoms with E-state index in [1.807, 2.05) is 0 Å². The fourth-order valence-electron chi connectivity index (χ4n) is 1.45. The molecule has 0 fully saturated rings. The first kappa shape index (κ1) is 18.1. The Morgan fingerprint density at radius 3 is 2.36 bits per heavy atom. The number of halogens is 3. The van der Waals surface area contributed by atoms with Gasteiger partial charge >= 0.3 is 11.5 Å². The number of esters is 1. The highest BCUT2D eigenvalue weighted by Gasteiger charge is 2.28. The van der Waals surface area contributed by atoms with Gasteiger partial charge in [-0.1, -0.05) is 12.1 Å². The molecule has 1 aromatic carbocycles. The number of hydrogen-bond acceptors (Lipinski definition) is 4. The summed E-state index contributed by atoms with van der Waals surface area (Å²) in [4.78, 5) is 22.7. The first-order valence-electron chi connectivity index (χ1n) is 6.13. The molecular weight excluding hydrogens is 319 g/mol. The van der Waals surface area contributed by atoms with E-state index < -0.39 is 23.4 Å². The zero-order chi connectivity index (χ0) is 16.8. The van der Waals surface area contributed by atoms with Gasteiger partial charge in [0, 0.05) is 11.0 Å². The smallest absolute Gasteiger partial charge is 0.446 e. The Morgan fingerprint density at radius 1 is 1.27 bits per heavy atom. The largest absolute Gasteiger partial charge is 0.467 e. The molecule has 0 spiro atoms. The quantitative estimate of drug-likeness (QED) is 0.511. The van der Waals surface area contributed by atoms with E-state index in [0.717, 1.165) is 0 Å². The molecule has 0 aromatic heterocycles. The van der Waals surface area contributed by atoms with Crippen LogP contribution in [0.5, 0.6) is 0 Å². The summed E-state index contributed by atoms with van der Waals surface area (Å²) in [6.45, 7) is 1.47. The van der Waals surface area contributed by atoms with Crippen LogP contribution in [0, 0.1) is 0 Å². The number of carbonyl (C=O) groups is 2. The summed E-state index contributed by atoms with van der Waals surface area (Å²) < 4.78 is 41.0. The SMILES string of the molecule is COC(=O)[C@H](C)NC(=O)C=Cc1ccc(SC(F)(F)F)cc1. The molecule has 0 saturated carbocycles. The highest BCUT2D eigenvalue weighted by molar-refractivity contribution is 8.00. The zero-order valence-corrected chi connectivity index (χ0v) is 12.6. The third-order valence-electron chi connectivity index (χ3n) is 2.45. The lowest BCUT2D eigenvalue weighted by Crippen LogP contribution is -2.38. The van der Waals surface area contributed by atoms with E-state index >= 15 is 0 Å². The van der Waals surface area contributed by atoms with Gasteiger partial charge in [-0.2, -0.15) is 13.2 Å². The van der Waals surface area contributed by atoms with Gasteiger partial charge in [0.05, 0.1) is 7.11 Å². The summed E-state index contributed by atoms with van der Waals surface area (Å²) in [7, 11) is 1.21. The third-order valence-corrected chi connectivity index (χ3v) is 3.19. The van der Waals surface area contributed by atoms with E-state index in [-0.39, 0.29) is 16.7 Å². The summed E-state index contributed by atoms with van der Waals surface area (Å²) in [6.07, 6.45) is 2.62. The van der Waals surface area contributed by atoms with Crippen molar-refractivity contribution < 1.29 is 27.5 Å². The number of ether oxygens (including phenoxy) is 1. The Balaban J connectivity index is 2.59. The van der Waals surface area contributed by atoms with Crippen molar-refractivity contribution in [3.63, 3.8) is 0 Å². The fourth-order valence-corrected chi connectivity index (χ4v) is 1.99.